The molecule has 0 aromatic heterocycles. The molecule has 3 rings (SSSR count). The summed E-state index contributed by atoms with van der Waals surface area (Å²) in [6.45, 7) is 5.81. The maximum atomic E-state index is 13.4. The number of carbonyl (C=O) groups excluding carboxylic acids is 4. The van der Waals surface area contributed by atoms with Crippen molar-refractivity contribution in [2.45, 2.75) is 70.6 Å². The second-order valence-corrected chi connectivity index (χ2v) is 11.3. The Hall–Kier alpha value is -4.24. The van der Waals surface area contributed by atoms with Crippen LogP contribution < -0.4 is 21.3 Å². The highest BCUT2D eigenvalue weighted by atomic mass is 16.5. The summed E-state index contributed by atoms with van der Waals surface area (Å²) in [7, 11) is 1.44. The number of nitrogens with one attached hydrogen (secondary N) is 4. The molecule has 9 heteroatoms. The number of methoxy groups -OCH3 is 1. The van der Waals surface area contributed by atoms with Crippen molar-refractivity contribution in [3.05, 3.63) is 83.9 Å². The summed E-state index contributed by atoms with van der Waals surface area (Å²) < 4.78 is 5.22. The lowest BCUT2D eigenvalue weighted by molar-refractivity contribution is -0.133. The summed E-state index contributed by atoms with van der Waals surface area (Å²) in [6.07, 6.45) is 0.780. The maximum absolute atomic E-state index is 13.4. The molecule has 2 atom stereocenters. The second-order valence-electron chi connectivity index (χ2n) is 11.3. The van der Waals surface area contributed by atoms with Gasteiger partial charge in [-0.05, 0) is 55.5 Å². The van der Waals surface area contributed by atoms with Crippen molar-refractivity contribution >= 4 is 34.4 Å². The monoisotopic (exact) mass is 574 g/mol. The first kappa shape index (κ1) is 32.3. The Bertz CT molecular complexity index is 1350. The molecule has 0 saturated heterocycles. The molecular formula is C33H42N4O5. The van der Waals surface area contributed by atoms with E-state index in [4.69, 9.17) is 4.74 Å². The molecule has 3 aromatic rings. The molecule has 0 aliphatic heterocycles. The van der Waals surface area contributed by atoms with Crippen molar-refractivity contribution in [2.75, 3.05) is 13.7 Å². The minimum Gasteiger partial charge on any atom is -0.382 e. The number of hydrogen-bond donors (Lipinski definition) is 4. The first-order chi connectivity index (χ1) is 20.1. The molecule has 0 aliphatic rings. The molecule has 0 fully saturated rings. The van der Waals surface area contributed by atoms with E-state index in [0.29, 0.717) is 6.42 Å². The molecule has 0 spiro atoms. The Morgan fingerprint density at radius 3 is 2.17 bits per heavy atom. The van der Waals surface area contributed by atoms with Crippen molar-refractivity contribution in [1.82, 2.24) is 21.3 Å². The molecule has 0 aliphatic carbocycles. The Morgan fingerprint density at radius 2 is 1.45 bits per heavy atom. The van der Waals surface area contributed by atoms with Gasteiger partial charge in [-0.2, -0.15) is 0 Å². The topological polar surface area (TPSA) is 126 Å². The number of ether oxygens (including phenoxy) is 1. The predicted molar refractivity (Wildman–Crippen MR) is 163 cm³/mol. The summed E-state index contributed by atoms with van der Waals surface area (Å²) in [5, 5.41) is 13.3. The summed E-state index contributed by atoms with van der Waals surface area (Å²) in [5.41, 5.74) is 1.51. The Morgan fingerprint density at radius 1 is 0.762 bits per heavy atom. The van der Waals surface area contributed by atoms with Crippen LogP contribution in [0.25, 0.3) is 10.8 Å². The molecule has 9 nitrogen and oxygen atoms in total. The number of fused-ring (bicyclic) bond motifs is 1. The number of benzene rings is 3. The zero-order chi connectivity index (χ0) is 30.5. The van der Waals surface area contributed by atoms with E-state index in [0.717, 1.165) is 21.9 Å². The number of amides is 4. The van der Waals surface area contributed by atoms with Crippen molar-refractivity contribution < 1.29 is 23.9 Å². The van der Waals surface area contributed by atoms with Crippen molar-refractivity contribution in [3.8, 4) is 0 Å². The van der Waals surface area contributed by atoms with Gasteiger partial charge < -0.3 is 26.0 Å². The first-order valence-electron chi connectivity index (χ1n) is 14.2. The molecule has 0 heterocycles. The van der Waals surface area contributed by atoms with Crippen LogP contribution in [0.5, 0.6) is 0 Å². The number of hydrogen-bond acceptors (Lipinski definition) is 5. The number of aryl methyl sites for hydroxylation is 1. The third kappa shape index (κ3) is 10.6. The van der Waals surface area contributed by atoms with E-state index in [1.54, 1.807) is 0 Å². The van der Waals surface area contributed by atoms with Gasteiger partial charge in [0.15, 0.2) is 0 Å². The van der Waals surface area contributed by atoms with Crippen LogP contribution in [0.4, 0.5) is 0 Å². The summed E-state index contributed by atoms with van der Waals surface area (Å²) in [5.74, 6) is -1.54. The van der Waals surface area contributed by atoms with Crippen LogP contribution in [0.15, 0.2) is 72.8 Å². The molecule has 3 aromatic carbocycles. The van der Waals surface area contributed by atoms with Gasteiger partial charge in [-0.15, -0.1) is 0 Å². The van der Waals surface area contributed by atoms with Gasteiger partial charge in [-0.3, -0.25) is 19.2 Å². The van der Waals surface area contributed by atoms with Gasteiger partial charge in [0.1, 0.15) is 12.1 Å². The van der Waals surface area contributed by atoms with Crippen LogP contribution in [-0.2, 0) is 36.9 Å². The minimum absolute atomic E-state index is 0.0243. The van der Waals surface area contributed by atoms with Crippen LogP contribution in [0.2, 0.25) is 0 Å². The Labute approximate surface area is 247 Å². The fourth-order valence-electron chi connectivity index (χ4n) is 4.57. The lowest BCUT2D eigenvalue weighted by Crippen LogP contribution is -2.55. The minimum atomic E-state index is -1.01. The Kier molecular flexibility index (Phi) is 12.0. The van der Waals surface area contributed by atoms with Gasteiger partial charge in [0.05, 0.1) is 6.61 Å². The summed E-state index contributed by atoms with van der Waals surface area (Å²) in [6, 6.07) is 21.3. The van der Waals surface area contributed by atoms with E-state index < -0.39 is 29.4 Å². The van der Waals surface area contributed by atoms with Gasteiger partial charge in [-0.25, -0.2) is 0 Å². The zero-order valence-corrected chi connectivity index (χ0v) is 24.9. The van der Waals surface area contributed by atoms with E-state index in [9.17, 15) is 19.2 Å². The molecular weight excluding hydrogens is 532 g/mol. The quantitative estimate of drug-likeness (QED) is 0.235. The van der Waals surface area contributed by atoms with Crippen LogP contribution in [0, 0.1) is 0 Å². The van der Waals surface area contributed by atoms with Crippen LogP contribution in [0.1, 0.15) is 51.2 Å². The molecule has 0 radical (unpaired) electrons. The average molecular weight is 575 g/mol. The third-order valence-electron chi connectivity index (χ3n) is 6.61. The highest BCUT2D eigenvalue weighted by Crippen LogP contribution is 2.18. The largest absolute Gasteiger partial charge is 0.382 e. The van der Waals surface area contributed by atoms with Crippen LogP contribution in [-0.4, -0.2) is 55.0 Å². The molecule has 0 bridgehead atoms. The molecule has 2 unspecified atom stereocenters. The molecule has 224 valence electrons. The molecule has 42 heavy (non-hydrogen) atoms. The van der Waals surface area contributed by atoms with Crippen molar-refractivity contribution in [1.29, 1.82) is 0 Å². The highest BCUT2D eigenvalue weighted by Gasteiger charge is 2.28. The number of carbonyl (C=O) groups is 4. The fraction of sp³-hybridized carbons (Fsp3) is 0.394. The number of rotatable bonds is 14. The summed E-state index contributed by atoms with van der Waals surface area (Å²) in [4.78, 5) is 51.9. The van der Waals surface area contributed by atoms with E-state index in [2.05, 4.69) is 21.3 Å². The maximum Gasteiger partial charge on any atom is 0.245 e. The smallest absolute Gasteiger partial charge is 0.245 e. The van der Waals surface area contributed by atoms with Crippen LogP contribution >= 0.6 is 0 Å². The molecule has 4 N–H and O–H groups in total. The lowest BCUT2D eigenvalue weighted by Gasteiger charge is -2.24. The summed E-state index contributed by atoms with van der Waals surface area (Å²) >= 11 is 0. The lowest BCUT2D eigenvalue weighted by atomic mass is 10.0. The predicted octanol–water partition coefficient (Wildman–Crippen LogP) is 3.40. The Balaban J connectivity index is 1.66. The SMILES string of the molecule is COCC(NC(=O)C(CCC(=O)NC(C)(C)C)NC(=O)CCc1ccccc1)C(=O)NCc1cccc2ccccc12. The van der Waals surface area contributed by atoms with Gasteiger partial charge in [0.25, 0.3) is 0 Å². The van der Waals surface area contributed by atoms with E-state index in [-0.39, 0.29) is 44.2 Å². The van der Waals surface area contributed by atoms with Gasteiger partial charge in [0.2, 0.25) is 23.6 Å². The van der Waals surface area contributed by atoms with Gasteiger partial charge in [-0.1, -0.05) is 72.8 Å². The van der Waals surface area contributed by atoms with E-state index in [1.165, 1.54) is 7.11 Å². The van der Waals surface area contributed by atoms with Crippen molar-refractivity contribution in [3.63, 3.8) is 0 Å². The van der Waals surface area contributed by atoms with Gasteiger partial charge >= 0.3 is 0 Å². The normalized spacial score (nSPS) is 12.7. The van der Waals surface area contributed by atoms with E-state index >= 15 is 0 Å². The molecule has 0 saturated carbocycles. The van der Waals surface area contributed by atoms with E-state index in [1.807, 2.05) is 93.6 Å². The standard InChI is InChI=1S/C33H42N4O5/c1-33(2,3)37-30(39)20-18-27(35-29(38)19-17-23-11-6-5-7-12-23)32(41)36-28(22-42-4)31(40)34-21-25-15-10-14-24-13-8-9-16-26(24)25/h5-16,27-28H,17-22H2,1-4H3,(H,34,40)(H,35,38)(H,36,41)(H,37,39). The molecule has 4 amide bonds. The van der Waals surface area contributed by atoms with Crippen LogP contribution in [0.3, 0.4) is 0 Å². The van der Waals surface area contributed by atoms with Gasteiger partial charge in [0, 0.05) is 32.0 Å². The fourth-order valence-corrected chi connectivity index (χ4v) is 4.57. The second kappa shape index (κ2) is 15.7. The van der Waals surface area contributed by atoms with Crippen molar-refractivity contribution in [2.24, 2.45) is 0 Å². The third-order valence-corrected chi connectivity index (χ3v) is 6.61. The highest BCUT2D eigenvalue weighted by molar-refractivity contribution is 5.93. The zero-order valence-electron chi connectivity index (χ0n) is 24.9. The first-order valence-corrected chi connectivity index (χ1v) is 14.2. The average Bonchev–Trinajstić information content (AvgIpc) is 2.96.